The van der Waals surface area contributed by atoms with Gasteiger partial charge in [0.05, 0.1) is 12.4 Å². The number of hydrogen-bond acceptors (Lipinski definition) is 2. The Hall–Kier alpha value is -1.35. The molecule has 0 saturated carbocycles. The van der Waals surface area contributed by atoms with Gasteiger partial charge in [0.15, 0.2) is 0 Å². The summed E-state index contributed by atoms with van der Waals surface area (Å²) in [7, 11) is 0. The number of allylic oxidation sites excluding steroid dienone is 1. The minimum atomic E-state index is -0.178. The highest BCUT2D eigenvalue weighted by Crippen LogP contribution is 2.11. The number of rotatable bonds is 8. The molecule has 0 aromatic heterocycles. The van der Waals surface area contributed by atoms with Crippen LogP contribution >= 0.6 is 0 Å². The normalized spacial score (nSPS) is 10.6. The van der Waals surface area contributed by atoms with E-state index in [9.17, 15) is 4.39 Å². The molecule has 0 aliphatic heterocycles. The van der Waals surface area contributed by atoms with Gasteiger partial charge in [-0.15, -0.1) is 0 Å². The maximum absolute atomic E-state index is 13.0. The Bertz CT molecular complexity index is 388. The lowest BCUT2D eigenvalue weighted by atomic mass is 10.1. The third-order valence-electron chi connectivity index (χ3n) is 2.75. The molecule has 18 heavy (non-hydrogen) atoms. The second-order valence-corrected chi connectivity index (χ2v) is 4.51. The Morgan fingerprint density at radius 2 is 2.11 bits per heavy atom. The Morgan fingerprint density at radius 3 is 2.78 bits per heavy atom. The monoisotopic (exact) mass is 252 g/mol. The van der Waals surface area contributed by atoms with E-state index in [1.807, 2.05) is 6.07 Å². The summed E-state index contributed by atoms with van der Waals surface area (Å²) in [6, 6.07) is 5.03. The lowest BCUT2D eigenvalue weighted by Crippen LogP contribution is -1.97. The molecular formula is C15H21FO2. The van der Waals surface area contributed by atoms with Crippen LogP contribution in [-0.4, -0.2) is 11.7 Å². The van der Waals surface area contributed by atoms with E-state index in [-0.39, 0.29) is 11.6 Å². The van der Waals surface area contributed by atoms with Gasteiger partial charge in [0.1, 0.15) is 5.82 Å². The molecule has 0 fully saturated rings. The van der Waals surface area contributed by atoms with Crippen LogP contribution in [0.25, 0.3) is 0 Å². The summed E-state index contributed by atoms with van der Waals surface area (Å²) in [6.07, 6.45) is 3.58. The minimum absolute atomic E-state index is 0.178. The molecule has 0 bridgehead atoms. The van der Waals surface area contributed by atoms with E-state index in [0.29, 0.717) is 25.2 Å². The maximum atomic E-state index is 13.0. The molecule has 0 saturated heterocycles. The van der Waals surface area contributed by atoms with Crippen LogP contribution in [0.15, 0.2) is 30.5 Å². The number of hydrogen-bond donors (Lipinski definition) is 1. The Morgan fingerprint density at radius 1 is 1.33 bits per heavy atom. The van der Waals surface area contributed by atoms with Crippen LogP contribution in [0.5, 0.6) is 0 Å². The fraction of sp³-hybridized carbons (Fsp3) is 0.467. The van der Waals surface area contributed by atoms with Crippen LogP contribution in [0, 0.1) is 12.7 Å². The maximum Gasteiger partial charge on any atom is 0.126 e. The molecule has 100 valence electrons. The number of aliphatic hydroxyl groups excluding tert-OH is 1. The molecule has 0 radical (unpaired) electrons. The molecule has 1 rings (SSSR count). The number of aryl methyl sites for hydroxylation is 1. The van der Waals surface area contributed by atoms with Gasteiger partial charge in [-0.25, -0.2) is 4.39 Å². The van der Waals surface area contributed by atoms with Gasteiger partial charge in [-0.2, -0.15) is 0 Å². The number of benzene rings is 1. The first kappa shape index (κ1) is 14.7. The fourth-order valence-electron chi connectivity index (χ4n) is 1.70. The standard InChI is InChI=1S/C15H21FO2/c1-12-10-14(7-8-15(12)16)11-18-9-5-3-4-6-13(2)17/h7-8,10,17H,2-6,9,11H2,1H3. The molecule has 2 nitrogen and oxygen atoms in total. The van der Waals surface area contributed by atoms with Crippen molar-refractivity contribution in [3.63, 3.8) is 0 Å². The third-order valence-corrected chi connectivity index (χ3v) is 2.75. The van der Waals surface area contributed by atoms with E-state index >= 15 is 0 Å². The molecular weight excluding hydrogens is 231 g/mol. The molecule has 0 amide bonds. The highest BCUT2D eigenvalue weighted by atomic mass is 19.1. The zero-order chi connectivity index (χ0) is 13.4. The highest BCUT2D eigenvalue weighted by molar-refractivity contribution is 5.23. The number of halogens is 1. The van der Waals surface area contributed by atoms with E-state index in [1.54, 1.807) is 13.0 Å². The number of unbranched alkanes of at least 4 members (excludes halogenated alkanes) is 2. The van der Waals surface area contributed by atoms with Crippen LogP contribution in [0.3, 0.4) is 0 Å². The number of aliphatic hydroxyl groups is 1. The first-order valence-corrected chi connectivity index (χ1v) is 6.29. The molecule has 0 aliphatic rings. The zero-order valence-corrected chi connectivity index (χ0v) is 10.9. The smallest absolute Gasteiger partial charge is 0.126 e. The van der Waals surface area contributed by atoms with Gasteiger partial charge in [0, 0.05) is 13.0 Å². The van der Waals surface area contributed by atoms with Gasteiger partial charge < -0.3 is 9.84 Å². The van der Waals surface area contributed by atoms with Gasteiger partial charge in [0.2, 0.25) is 0 Å². The van der Waals surface area contributed by atoms with Crippen LogP contribution < -0.4 is 0 Å². The third kappa shape index (κ3) is 5.82. The second kappa shape index (κ2) is 7.88. The van der Waals surface area contributed by atoms with E-state index < -0.39 is 0 Å². The van der Waals surface area contributed by atoms with E-state index in [4.69, 9.17) is 9.84 Å². The second-order valence-electron chi connectivity index (χ2n) is 4.51. The summed E-state index contributed by atoms with van der Waals surface area (Å²) in [5.41, 5.74) is 1.65. The average Bonchev–Trinajstić information content (AvgIpc) is 2.32. The molecule has 0 heterocycles. The Labute approximate surface area is 108 Å². The largest absolute Gasteiger partial charge is 0.513 e. The first-order valence-electron chi connectivity index (χ1n) is 6.29. The van der Waals surface area contributed by atoms with E-state index in [0.717, 1.165) is 24.8 Å². The highest BCUT2D eigenvalue weighted by Gasteiger charge is 1.99. The molecule has 1 aromatic carbocycles. The summed E-state index contributed by atoms with van der Waals surface area (Å²) in [6.45, 7) is 6.40. The zero-order valence-electron chi connectivity index (χ0n) is 10.9. The molecule has 1 N–H and O–H groups in total. The van der Waals surface area contributed by atoms with E-state index in [2.05, 4.69) is 6.58 Å². The molecule has 0 aliphatic carbocycles. The summed E-state index contributed by atoms with van der Waals surface area (Å²) in [5, 5.41) is 8.90. The summed E-state index contributed by atoms with van der Waals surface area (Å²) in [5.74, 6) is 0.0701. The van der Waals surface area contributed by atoms with Gasteiger partial charge in [0.25, 0.3) is 0 Å². The SMILES string of the molecule is C=C(O)CCCCCOCc1ccc(F)c(C)c1. The lowest BCUT2D eigenvalue weighted by Gasteiger charge is -2.06. The van der Waals surface area contributed by atoms with Crippen molar-refractivity contribution in [2.24, 2.45) is 0 Å². The van der Waals surface area contributed by atoms with Crippen molar-refractivity contribution in [1.29, 1.82) is 0 Å². The van der Waals surface area contributed by atoms with Crippen LogP contribution in [-0.2, 0) is 11.3 Å². The van der Waals surface area contributed by atoms with Crippen molar-refractivity contribution >= 4 is 0 Å². The molecule has 0 atom stereocenters. The predicted octanol–water partition coefficient (Wildman–Crippen LogP) is 4.28. The van der Waals surface area contributed by atoms with Gasteiger partial charge in [-0.1, -0.05) is 25.1 Å². The molecule has 1 aromatic rings. The topological polar surface area (TPSA) is 29.5 Å². The van der Waals surface area contributed by atoms with Crippen molar-refractivity contribution in [2.45, 2.75) is 39.2 Å². The van der Waals surface area contributed by atoms with Gasteiger partial charge in [-0.05, 0) is 37.0 Å². The first-order chi connectivity index (χ1) is 8.59. The number of ether oxygens (including phenoxy) is 1. The van der Waals surface area contributed by atoms with Crippen molar-refractivity contribution in [2.75, 3.05) is 6.61 Å². The average molecular weight is 252 g/mol. The van der Waals surface area contributed by atoms with Crippen molar-refractivity contribution in [3.8, 4) is 0 Å². The molecule has 0 spiro atoms. The summed E-state index contributed by atoms with van der Waals surface area (Å²) >= 11 is 0. The fourth-order valence-corrected chi connectivity index (χ4v) is 1.70. The van der Waals surface area contributed by atoms with E-state index in [1.165, 1.54) is 6.07 Å². The van der Waals surface area contributed by atoms with Crippen molar-refractivity contribution in [3.05, 3.63) is 47.5 Å². The minimum Gasteiger partial charge on any atom is -0.513 e. The summed E-state index contributed by atoms with van der Waals surface area (Å²) < 4.78 is 18.5. The van der Waals surface area contributed by atoms with Crippen molar-refractivity contribution < 1.29 is 14.2 Å². The van der Waals surface area contributed by atoms with Gasteiger partial charge in [-0.3, -0.25) is 0 Å². The Kier molecular flexibility index (Phi) is 6.44. The van der Waals surface area contributed by atoms with Crippen molar-refractivity contribution in [1.82, 2.24) is 0 Å². The van der Waals surface area contributed by atoms with Crippen LogP contribution in [0.4, 0.5) is 4.39 Å². The lowest BCUT2D eigenvalue weighted by molar-refractivity contribution is 0.116. The van der Waals surface area contributed by atoms with Crippen LogP contribution in [0.1, 0.15) is 36.8 Å². The quantitative estimate of drug-likeness (QED) is 0.552. The summed E-state index contributed by atoms with van der Waals surface area (Å²) in [4.78, 5) is 0. The molecule has 0 unspecified atom stereocenters. The Balaban J connectivity index is 2.10. The predicted molar refractivity (Wildman–Crippen MR) is 71.0 cm³/mol. The van der Waals surface area contributed by atoms with Crippen LogP contribution in [0.2, 0.25) is 0 Å². The van der Waals surface area contributed by atoms with Gasteiger partial charge >= 0.3 is 0 Å². The molecule has 3 heteroatoms.